The summed E-state index contributed by atoms with van der Waals surface area (Å²) in [6.45, 7) is 6.32. The summed E-state index contributed by atoms with van der Waals surface area (Å²) in [5.41, 5.74) is 3.77. The van der Waals surface area contributed by atoms with Crippen LogP contribution in [0.2, 0.25) is 0 Å². The fourth-order valence-electron chi connectivity index (χ4n) is 3.73. The van der Waals surface area contributed by atoms with E-state index in [9.17, 15) is 4.79 Å². The molecule has 0 atom stereocenters. The molecule has 0 saturated heterocycles. The van der Waals surface area contributed by atoms with Crippen LogP contribution in [0.15, 0.2) is 79.1 Å². The number of nitrogens with zero attached hydrogens (tertiary/aromatic N) is 2. The summed E-state index contributed by atoms with van der Waals surface area (Å²) < 4.78 is 11.6. The van der Waals surface area contributed by atoms with Gasteiger partial charge in [-0.25, -0.2) is 9.97 Å². The number of aromatic nitrogens is 2. The summed E-state index contributed by atoms with van der Waals surface area (Å²) in [7, 11) is 3.38. The molecular formula is C29H30N4O3. The first kappa shape index (κ1) is 24.7. The van der Waals surface area contributed by atoms with Crippen molar-refractivity contribution >= 4 is 17.4 Å². The molecule has 7 nitrogen and oxygen atoms in total. The van der Waals surface area contributed by atoms with E-state index in [0.29, 0.717) is 28.6 Å². The van der Waals surface area contributed by atoms with Crippen molar-refractivity contribution in [1.82, 2.24) is 9.97 Å². The Hall–Kier alpha value is -4.39. The first-order valence-corrected chi connectivity index (χ1v) is 11.7. The first-order valence-electron chi connectivity index (χ1n) is 11.7. The number of rotatable bonds is 7. The van der Waals surface area contributed by atoms with Crippen LogP contribution in [0, 0.1) is 0 Å². The SMILES string of the molecule is CNc1cc(-c2cccnc2Oc2cccc(NC(=O)c3cc(C(C)(C)C)ccc3OC)c2)ccn1. The van der Waals surface area contributed by atoms with Crippen molar-refractivity contribution in [1.29, 1.82) is 0 Å². The number of anilines is 2. The van der Waals surface area contributed by atoms with E-state index < -0.39 is 0 Å². The van der Waals surface area contributed by atoms with Crippen molar-refractivity contribution < 1.29 is 14.3 Å². The molecule has 0 spiro atoms. The van der Waals surface area contributed by atoms with E-state index in [1.165, 1.54) is 0 Å². The molecule has 0 saturated carbocycles. The maximum absolute atomic E-state index is 13.2. The number of carbonyl (C=O) groups is 1. The lowest BCUT2D eigenvalue weighted by atomic mass is 9.86. The van der Waals surface area contributed by atoms with E-state index in [1.54, 1.807) is 25.6 Å². The van der Waals surface area contributed by atoms with E-state index in [0.717, 1.165) is 22.5 Å². The number of carbonyl (C=O) groups excluding carboxylic acids is 1. The maximum Gasteiger partial charge on any atom is 0.259 e. The van der Waals surface area contributed by atoms with Crippen LogP contribution in [0.1, 0.15) is 36.7 Å². The molecule has 2 aromatic heterocycles. The summed E-state index contributed by atoms with van der Waals surface area (Å²) in [5, 5.41) is 6.01. The number of ether oxygens (including phenoxy) is 2. The van der Waals surface area contributed by atoms with Gasteiger partial charge in [-0.15, -0.1) is 0 Å². The molecule has 0 aliphatic carbocycles. The summed E-state index contributed by atoms with van der Waals surface area (Å²) in [6.07, 6.45) is 3.41. The zero-order valence-corrected chi connectivity index (χ0v) is 21.1. The monoisotopic (exact) mass is 482 g/mol. The van der Waals surface area contributed by atoms with Gasteiger partial charge in [-0.1, -0.05) is 32.9 Å². The molecule has 0 aliphatic rings. The fraction of sp³-hybridized carbons (Fsp3) is 0.207. The molecule has 0 fully saturated rings. The number of benzene rings is 2. The van der Waals surface area contributed by atoms with Gasteiger partial charge in [0.05, 0.1) is 12.7 Å². The van der Waals surface area contributed by atoms with Gasteiger partial charge in [-0.3, -0.25) is 4.79 Å². The highest BCUT2D eigenvalue weighted by atomic mass is 16.5. The van der Waals surface area contributed by atoms with Crippen LogP contribution in [0.5, 0.6) is 17.4 Å². The molecule has 1 amide bonds. The van der Waals surface area contributed by atoms with Crippen LogP contribution < -0.4 is 20.1 Å². The van der Waals surface area contributed by atoms with Crippen LogP contribution in [0.3, 0.4) is 0 Å². The largest absolute Gasteiger partial charge is 0.496 e. The number of hydrogen-bond acceptors (Lipinski definition) is 6. The third-order valence-corrected chi connectivity index (χ3v) is 5.71. The molecule has 2 aromatic carbocycles. The number of methoxy groups -OCH3 is 1. The highest BCUT2D eigenvalue weighted by molar-refractivity contribution is 6.06. The topological polar surface area (TPSA) is 85.4 Å². The Morgan fingerprint density at radius 3 is 2.50 bits per heavy atom. The van der Waals surface area contributed by atoms with Crippen molar-refractivity contribution in [3.63, 3.8) is 0 Å². The van der Waals surface area contributed by atoms with Crippen molar-refractivity contribution in [2.45, 2.75) is 26.2 Å². The van der Waals surface area contributed by atoms with Crippen molar-refractivity contribution in [3.8, 4) is 28.5 Å². The molecule has 0 unspecified atom stereocenters. The quantitative estimate of drug-likeness (QED) is 0.311. The average molecular weight is 483 g/mol. The molecule has 2 heterocycles. The second-order valence-electron chi connectivity index (χ2n) is 9.28. The van der Waals surface area contributed by atoms with Crippen LogP contribution in [0.25, 0.3) is 11.1 Å². The molecular weight excluding hydrogens is 452 g/mol. The van der Waals surface area contributed by atoms with Gasteiger partial charge in [0, 0.05) is 36.8 Å². The predicted octanol–water partition coefficient (Wildman–Crippen LogP) is 6.54. The van der Waals surface area contributed by atoms with E-state index in [4.69, 9.17) is 9.47 Å². The smallest absolute Gasteiger partial charge is 0.259 e. The van der Waals surface area contributed by atoms with Gasteiger partial charge in [0.15, 0.2) is 0 Å². The number of pyridine rings is 2. The van der Waals surface area contributed by atoms with E-state index in [-0.39, 0.29) is 11.3 Å². The predicted molar refractivity (Wildman–Crippen MR) is 143 cm³/mol. The van der Waals surface area contributed by atoms with Gasteiger partial charge in [-0.05, 0) is 65.1 Å². The minimum atomic E-state index is -0.259. The summed E-state index contributed by atoms with van der Waals surface area (Å²) >= 11 is 0. The summed E-state index contributed by atoms with van der Waals surface area (Å²) in [4.78, 5) is 21.9. The Morgan fingerprint density at radius 1 is 0.917 bits per heavy atom. The van der Waals surface area contributed by atoms with Gasteiger partial charge >= 0.3 is 0 Å². The maximum atomic E-state index is 13.2. The lowest BCUT2D eigenvalue weighted by Crippen LogP contribution is -2.17. The summed E-state index contributed by atoms with van der Waals surface area (Å²) in [5.74, 6) is 2.01. The Kier molecular flexibility index (Phi) is 7.20. The normalized spacial score (nSPS) is 11.0. The van der Waals surface area contributed by atoms with Gasteiger partial charge in [0.25, 0.3) is 5.91 Å². The fourth-order valence-corrected chi connectivity index (χ4v) is 3.73. The van der Waals surface area contributed by atoms with E-state index in [1.807, 2.05) is 67.7 Å². The molecule has 4 rings (SSSR count). The van der Waals surface area contributed by atoms with E-state index >= 15 is 0 Å². The van der Waals surface area contributed by atoms with E-state index in [2.05, 4.69) is 41.4 Å². The minimum Gasteiger partial charge on any atom is -0.496 e. The molecule has 36 heavy (non-hydrogen) atoms. The van der Waals surface area contributed by atoms with Gasteiger partial charge in [-0.2, -0.15) is 0 Å². The zero-order chi connectivity index (χ0) is 25.7. The highest BCUT2D eigenvalue weighted by Gasteiger charge is 2.20. The Labute approximate surface area is 211 Å². The van der Waals surface area contributed by atoms with Gasteiger partial charge in [0.1, 0.15) is 17.3 Å². The standard InChI is InChI=1S/C29H30N4O3/c1-29(2,3)20-11-12-25(35-5)24(17-20)27(34)33-21-8-6-9-22(18-21)36-28-23(10-7-14-32-28)19-13-15-31-26(16-19)30-4/h6-18H,1-5H3,(H,30,31)(H,33,34). The van der Waals surface area contributed by atoms with Crippen LogP contribution >= 0.6 is 0 Å². The van der Waals surface area contributed by atoms with Gasteiger partial charge in [0.2, 0.25) is 5.88 Å². The van der Waals surface area contributed by atoms with Crippen molar-refractivity contribution in [2.24, 2.45) is 0 Å². The molecule has 4 aromatic rings. The third kappa shape index (κ3) is 5.63. The molecule has 0 bridgehead atoms. The Balaban J connectivity index is 1.58. The molecule has 184 valence electrons. The lowest BCUT2D eigenvalue weighted by Gasteiger charge is -2.21. The number of hydrogen-bond donors (Lipinski definition) is 2. The molecule has 7 heteroatoms. The average Bonchev–Trinajstić information content (AvgIpc) is 2.88. The minimum absolute atomic E-state index is 0.0990. The Bertz CT molecular complexity index is 1380. The summed E-state index contributed by atoms with van der Waals surface area (Å²) in [6, 6.07) is 20.5. The highest BCUT2D eigenvalue weighted by Crippen LogP contribution is 2.33. The zero-order valence-electron chi connectivity index (χ0n) is 21.1. The molecule has 2 N–H and O–H groups in total. The van der Waals surface area contributed by atoms with Crippen molar-refractivity contribution in [2.75, 3.05) is 24.8 Å². The number of nitrogens with one attached hydrogen (secondary N) is 2. The lowest BCUT2D eigenvalue weighted by molar-refractivity contribution is 0.102. The van der Waals surface area contributed by atoms with Crippen LogP contribution in [0.4, 0.5) is 11.5 Å². The Morgan fingerprint density at radius 2 is 1.75 bits per heavy atom. The van der Waals surface area contributed by atoms with Gasteiger partial charge < -0.3 is 20.1 Å². The number of amides is 1. The van der Waals surface area contributed by atoms with Crippen LogP contribution in [-0.4, -0.2) is 30.0 Å². The molecule has 0 aliphatic heterocycles. The van der Waals surface area contributed by atoms with Crippen molar-refractivity contribution in [3.05, 3.63) is 90.3 Å². The second-order valence-corrected chi connectivity index (χ2v) is 9.28. The molecule has 0 radical (unpaired) electrons. The third-order valence-electron chi connectivity index (χ3n) is 5.71. The first-order chi connectivity index (χ1) is 17.3. The second kappa shape index (κ2) is 10.5. The van der Waals surface area contributed by atoms with Crippen LogP contribution in [-0.2, 0) is 5.41 Å².